The minimum absolute atomic E-state index is 0.0149. The molecule has 106 valence electrons. The van der Waals surface area contributed by atoms with Gasteiger partial charge in [0.2, 0.25) is 0 Å². The summed E-state index contributed by atoms with van der Waals surface area (Å²) in [6.45, 7) is 8.71. The van der Waals surface area contributed by atoms with Gasteiger partial charge in [0.05, 0.1) is 6.04 Å². The average molecular weight is 256 g/mol. The van der Waals surface area contributed by atoms with Gasteiger partial charge in [0.25, 0.3) is 0 Å². The van der Waals surface area contributed by atoms with Crippen molar-refractivity contribution in [3.63, 3.8) is 0 Å². The van der Waals surface area contributed by atoms with Crippen molar-refractivity contribution < 1.29 is 4.79 Å². The largest absolute Gasteiger partial charge is 0.370 e. The minimum atomic E-state index is -0.0428. The van der Waals surface area contributed by atoms with Gasteiger partial charge in [0.1, 0.15) is 0 Å². The minimum Gasteiger partial charge on any atom is -0.370 e. The number of carbonyl (C=O) groups is 1. The lowest BCUT2D eigenvalue weighted by atomic mass is 9.96. The number of ketones is 1. The highest BCUT2D eigenvalue weighted by atomic mass is 16.1. The van der Waals surface area contributed by atoms with Gasteiger partial charge in [-0.05, 0) is 33.7 Å². The number of hydrogen-bond acceptors (Lipinski definition) is 3. The molecule has 0 saturated heterocycles. The third kappa shape index (κ3) is 6.00. The van der Waals surface area contributed by atoms with Gasteiger partial charge in [0.15, 0.2) is 11.7 Å². The van der Waals surface area contributed by atoms with Crippen molar-refractivity contribution in [2.75, 3.05) is 13.6 Å². The van der Waals surface area contributed by atoms with Crippen LogP contribution in [0.1, 0.15) is 40.5 Å². The Kier molecular flexibility index (Phi) is 7.59. The fourth-order valence-electron chi connectivity index (χ4n) is 1.81. The van der Waals surface area contributed by atoms with Crippen LogP contribution in [0.3, 0.4) is 0 Å². The van der Waals surface area contributed by atoms with Crippen molar-refractivity contribution in [3.05, 3.63) is 0 Å². The van der Waals surface area contributed by atoms with E-state index in [2.05, 4.69) is 24.1 Å². The molecule has 0 aliphatic heterocycles. The highest BCUT2D eigenvalue weighted by molar-refractivity contribution is 5.85. The van der Waals surface area contributed by atoms with Gasteiger partial charge in [-0.1, -0.05) is 13.8 Å². The van der Waals surface area contributed by atoms with E-state index in [-0.39, 0.29) is 23.7 Å². The van der Waals surface area contributed by atoms with E-state index in [1.165, 1.54) is 0 Å². The Morgan fingerprint density at radius 1 is 1.33 bits per heavy atom. The number of carbonyl (C=O) groups excluding carboxylic acids is 1. The van der Waals surface area contributed by atoms with Gasteiger partial charge in [-0.15, -0.1) is 0 Å². The molecule has 0 aliphatic carbocycles. The van der Waals surface area contributed by atoms with Crippen molar-refractivity contribution in [3.8, 4) is 0 Å². The maximum atomic E-state index is 12.2. The number of hydrogen-bond donors (Lipinski definition) is 3. The van der Waals surface area contributed by atoms with Gasteiger partial charge in [0, 0.05) is 18.5 Å². The zero-order valence-corrected chi connectivity index (χ0v) is 12.3. The Hall–Kier alpha value is -1.10. The summed E-state index contributed by atoms with van der Waals surface area (Å²) >= 11 is 0. The second-order valence-electron chi connectivity index (χ2n) is 5.31. The van der Waals surface area contributed by atoms with Crippen LogP contribution in [0.4, 0.5) is 0 Å². The molecular weight excluding hydrogens is 228 g/mol. The fraction of sp³-hybridized carbons (Fsp3) is 0.846. The van der Waals surface area contributed by atoms with Gasteiger partial charge in [-0.2, -0.15) is 0 Å². The Morgan fingerprint density at radius 3 is 2.28 bits per heavy atom. The first kappa shape index (κ1) is 16.9. The normalized spacial score (nSPS) is 13.1. The molecule has 0 aromatic rings. The van der Waals surface area contributed by atoms with Crippen molar-refractivity contribution in [1.82, 2.24) is 10.2 Å². The van der Waals surface area contributed by atoms with E-state index >= 15 is 0 Å². The summed E-state index contributed by atoms with van der Waals surface area (Å²) in [4.78, 5) is 14.3. The van der Waals surface area contributed by atoms with E-state index in [9.17, 15) is 4.79 Å². The quantitative estimate of drug-likeness (QED) is 0.346. The Balaban J connectivity index is 4.39. The van der Waals surface area contributed by atoms with E-state index in [1.54, 1.807) is 0 Å². The third-order valence-electron chi connectivity index (χ3n) is 3.17. The molecular formula is C13H28N4O. The topological polar surface area (TPSA) is 82.2 Å². The summed E-state index contributed by atoms with van der Waals surface area (Å²) in [5, 5.41) is 9.84. The van der Waals surface area contributed by atoms with Gasteiger partial charge in [-0.3, -0.25) is 15.1 Å². The van der Waals surface area contributed by atoms with Gasteiger partial charge in [-0.25, -0.2) is 0 Å². The lowest BCUT2D eigenvalue weighted by Crippen LogP contribution is -2.44. The number of rotatable bonds is 8. The second-order valence-corrected chi connectivity index (χ2v) is 5.31. The van der Waals surface area contributed by atoms with Crippen LogP contribution in [-0.4, -0.2) is 42.3 Å². The summed E-state index contributed by atoms with van der Waals surface area (Å²) in [5.41, 5.74) is 5.22. The number of likely N-dealkylation sites (N-methyl/N-ethyl adjacent to an activating group) is 1. The van der Waals surface area contributed by atoms with Gasteiger partial charge < -0.3 is 11.1 Å². The van der Waals surface area contributed by atoms with Crippen LogP contribution in [0, 0.1) is 11.3 Å². The first-order valence-corrected chi connectivity index (χ1v) is 6.60. The smallest absolute Gasteiger partial charge is 0.185 e. The molecule has 0 unspecified atom stereocenters. The molecule has 0 spiro atoms. The van der Waals surface area contributed by atoms with Crippen LogP contribution in [0.15, 0.2) is 0 Å². The zero-order valence-electron chi connectivity index (χ0n) is 12.3. The number of nitrogens with one attached hydrogen (secondary N) is 2. The maximum absolute atomic E-state index is 12.2. The van der Waals surface area contributed by atoms with Crippen LogP contribution in [0.5, 0.6) is 0 Å². The predicted octanol–water partition coefficient (Wildman–Crippen LogP) is 1.18. The first-order chi connectivity index (χ1) is 8.27. The van der Waals surface area contributed by atoms with Crippen molar-refractivity contribution in [2.45, 2.75) is 52.6 Å². The summed E-state index contributed by atoms with van der Waals surface area (Å²) in [6.07, 6.45) is 1.63. The SMILES string of the molecule is CC(C)C(=O)[C@H](CCCNC(=N)N)N(C)C(C)C. The summed E-state index contributed by atoms with van der Waals surface area (Å²) in [6, 6.07) is 0.303. The molecule has 0 fully saturated rings. The maximum Gasteiger partial charge on any atom is 0.185 e. The standard InChI is InChI=1S/C13H28N4O/c1-9(2)12(18)11(17(5)10(3)4)7-6-8-16-13(14)15/h9-11H,6-8H2,1-5H3,(H4,14,15,16)/t11-/m0/s1. The zero-order chi connectivity index (χ0) is 14.3. The molecule has 0 bridgehead atoms. The highest BCUT2D eigenvalue weighted by Crippen LogP contribution is 2.14. The second kappa shape index (κ2) is 8.08. The molecule has 0 aliphatic rings. The van der Waals surface area contributed by atoms with E-state index in [0.717, 1.165) is 12.8 Å². The molecule has 0 amide bonds. The average Bonchev–Trinajstić information content (AvgIpc) is 2.26. The highest BCUT2D eigenvalue weighted by Gasteiger charge is 2.26. The van der Waals surface area contributed by atoms with Crippen molar-refractivity contribution in [1.29, 1.82) is 5.41 Å². The molecule has 0 aromatic heterocycles. The lowest BCUT2D eigenvalue weighted by Gasteiger charge is -2.31. The van der Waals surface area contributed by atoms with Crippen LogP contribution in [-0.2, 0) is 4.79 Å². The van der Waals surface area contributed by atoms with E-state index < -0.39 is 0 Å². The first-order valence-electron chi connectivity index (χ1n) is 6.60. The number of nitrogens with zero attached hydrogens (tertiary/aromatic N) is 1. The van der Waals surface area contributed by atoms with Gasteiger partial charge >= 0.3 is 0 Å². The van der Waals surface area contributed by atoms with E-state index in [4.69, 9.17) is 11.1 Å². The predicted molar refractivity (Wildman–Crippen MR) is 75.7 cm³/mol. The summed E-state index contributed by atoms with van der Waals surface area (Å²) in [5.74, 6) is 0.324. The Bertz CT molecular complexity index is 276. The molecule has 0 saturated carbocycles. The summed E-state index contributed by atoms with van der Waals surface area (Å²) in [7, 11) is 1.99. The van der Waals surface area contributed by atoms with E-state index in [0.29, 0.717) is 12.6 Å². The molecule has 0 rings (SSSR count). The molecule has 1 atom stereocenters. The molecule has 5 nitrogen and oxygen atoms in total. The number of Topliss-reactive ketones (excluding diaryl/α,β-unsaturated/α-hetero) is 1. The van der Waals surface area contributed by atoms with Crippen LogP contribution in [0.2, 0.25) is 0 Å². The lowest BCUT2D eigenvalue weighted by molar-refractivity contribution is -0.127. The third-order valence-corrected chi connectivity index (χ3v) is 3.17. The molecule has 4 N–H and O–H groups in total. The van der Waals surface area contributed by atoms with Crippen molar-refractivity contribution in [2.24, 2.45) is 11.7 Å². The Labute approximate surface area is 111 Å². The number of nitrogens with two attached hydrogens (primary N) is 1. The number of guanidine groups is 1. The molecule has 0 heterocycles. The fourth-order valence-corrected chi connectivity index (χ4v) is 1.81. The summed E-state index contributed by atoms with van der Waals surface area (Å²) < 4.78 is 0. The van der Waals surface area contributed by atoms with E-state index in [1.807, 2.05) is 20.9 Å². The monoisotopic (exact) mass is 256 g/mol. The van der Waals surface area contributed by atoms with Crippen LogP contribution < -0.4 is 11.1 Å². The van der Waals surface area contributed by atoms with Crippen LogP contribution >= 0.6 is 0 Å². The molecule has 0 aromatic carbocycles. The molecule has 18 heavy (non-hydrogen) atoms. The molecule has 5 heteroatoms. The van der Waals surface area contributed by atoms with Crippen molar-refractivity contribution >= 4 is 11.7 Å². The van der Waals surface area contributed by atoms with Crippen LogP contribution in [0.25, 0.3) is 0 Å². The molecule has 0 radical (unpaired) electrons. The Morgan fingerprint density at radius 2 is 1.89 bits per heavy atom.